The zero-order valence-electron chi connectivity index (χ0n) is 14.6. The molecule has 0 saturated carbocycles. The molecule has 0 spiro atoms. The number of likely N-dealkylation sites (N-methyl/N-ethyl adjacent to an activating group) is 1. The summed E-state index contributed by atoms with van der Waals surface area (Å²) in [5, 5.41) is 3.01. The summed E-state index contributed by atoms with van der Waals surface area (Å²) in [6.45, 7) is 8.49. The number of anilines is 1. The molecule has 0 aromatic carbocycles. The van der Waals surface area contributed by atoms with Gasteiger partial charge in [0.1, 0.15) is 5.82 Å². The van der Waals surface area contributed by atoms with E-state index < -0.39 is 0 Å². The van der Waals surface area contributed by atoms with Crippen LogP contribution in [0.4, 0.5) is 10.6 Å². The number of aromatic nitrogens is 1. The second-order valence-electron chi connectivity index (χ2n) is 6.59. The van der Waals surface area contributed by atoms with Gasteiger partial charge in [0.2, 0.25) is 0 Å². The van der Waals surface area contributed by atoms with Crippen molar-refractivity contribution in [3.8, 4) is 0 Å². The Morgan fingerprint density at radius 2 is 2.12 bits per heavy atom. The quantitative estimate of drug-likeness (QED) is 0.885. The van der Waals surface area contributed by atoms with Gasteiger partial charge in [0.05, 0.1) is 19.3 Å². The second-order valence-corrected chi connectivity index (χ2v) is 6.59. The highest BCUT2D eigenvalue weighted by molar-refractivity contribution is 5.74. The Morgan fingerprint density at radius 1 is 1.33 bits per heavy atom. The fraction of sp³-hybridized carbons (Fsp3) is 0.647. The van der Waals surface area contributed by atoms with E-state index in [0.29, 0.717) is 26.3 Å². The number of rotatable bonds is 3. The zero-order valence-corrected chi connectivity index (χ0v) is 14.6. The molecule has 0 bridgehead atoms. The first-order valence-corrected chi connectivity index (χ1v) is 8.64. The molecule has 1 aromatic rings. The average molecular weight is 333 g/mol. The number of nitrogens with one attached hydrogen (secondary N) is 1. The van der Waals surface area contributed by atoms with Crippen LogP contribution in [0.1, 0.15) is 12.5 Å². The van der Waals surface area contributed by atoms with E-state index in [0.717, 1.165) is 37.6 Å². The van der Waals surface area contributed by atoms with Crippen LogP contribution in [0.25, 0.3) is 0 Å². The Morgan fingerprint density at radius 3 is 2.88 bits per heavy atom. The number of pyridine rings is 1. The van der Waals surface area contributed by atoms with Gasteiger partial charge in [0.25, 0.3) is 0 Å². The van der Waals surface area contributed by atoms with Crippen molar-refractivity contribution >= 4 is 11.8 Å². The molecule has 24 heavy (non-hydrogen) atoms. The fourth-order valence-corrected chi connectivity index (χ4v) is 3.09. The van der Waals surface area contributed by atoms with Crippen molar-refractivity contribution in [3.63, 3.8) is 0 Å². The van der Waals surface area contributed by atoms with Crippen LogP contribution in [0.2, 0.25) is 0 Å². The van der Waals surface area contributed by atoms with Gasteiger partial charge in [-0.2, -0.15) is 0 Å². The third-order valence-corrected chi connectivity index (χ3v) is 4.71. The maximum Gasteiger partial charge on any atom is 0.318 e. The van der Waals surface area contributed by atoms with Crippen LogP contribution in [0.5, 0.6) is 0 Å². The van der Waals surface area contributed by atoms with Crippen LogP contribution < -0.4 is 10.2 Å². The summed E-state index contributed by atoms with van der Waals surface area (Å²) in [7, 11) is 2.14. The van der Waals surface area contributed by atoms with Crippen molar-refractivity contribution in [3.05, 3.63) is 23.9 Å². The molecular weight excluding hydrogens is 306 g/mol. The maximum atomic E-state index is 12.3. The van der Waals surface area contributed by atoms with Gasteiger partial charge in [0.15, 0.2) is 0 Å². The summed E-state index contributed by atoms with van der Waals surface area (Å²) in [4.78, 5) is 23.3. The van der Waals surface area contributed by atoms with Crippen LogP contribution in [-0.2, 0) is 11.3 Å². The van der Waals surface area contributed by atoms with Gasteiger partial charge in [-0.1, -0.05) is 0 Å². The van der Waals surface area contributed by atoms with E-state index in [4.69, 9.17) is 4.74 Å². The molecule has 1 N–H and O–H groups in total. The molecule has 7 nitrogen and oxygen atoms in total. The molecule has 2 aliphatic rings. The molecule has 2 saturated heterocycles. The highest BCUT2D eigenvalue weighted by Gasteiger charge is 2.23. The maximum absolute atomic E-state index is 12.3. The number of urea groups is 1. The van der Waals surface area contributed by atoms with Gasteiger partial charge in [0, 0.05) is 45.5 Å². The first-order valence-electron chi connectivity index (χ1n) is 8.64. The highest BCUT2D eigenvalue weighted by atomic mass is 16.5. The number of carbonyl (C=O) groups excluding carboxylic acids is 1. The van der Waals surface area contributed by atoms with E-state index in [2.05, 4.69) is 33.2 Å². The summed E-state index contributed by atoms with van der Waals surface area (Å²) in [5.74, 6) is 0.995. The van der Waals surface area contributed by atoms with E-state index in [-0.39, 0.29) is 12.1 Å². The molecular formula is C17H27N5O2. The van der Waals surface area contributed by atoms with Crippen LogP contribution in [0.15, 0.2) is 18.3 Å². The van der Waals surface area contributed by atoms with Crippen LogP contribution >= 0.6 is 0 Å². The standard InChI is InChI=1S/C17H27N5O2/c1-14-13-24-10-9-22(14)17(23)19-12-15-3-4-18-16(11-15)21-7-5-20(2)6-8-21/h3-4,11,14H,5-10,12-13H2,1-2H3,(H,19,23)/t14-/m1/s1. The molecule has 0 aliphatic carbocycles. The molecule has 132 valence electrons. The first kappa shape index (κ1) is 17.0. The lowest BCUT2D eigenvalue weighted by Gasteiger charge is -2.34. The summed E-state index contributed by atoms with van der Waals surface area (Å²) < 4.78 is 5.38. The Labute approximate surface area is 143 Å². The molecule has 2 fully saturated rings. The number of nitrogens with zero attached hydrogens (tertiary/aromatic N) is 4. The number of hydrogen-bond donors (Lipinski definition) is 1. The van der Waals surface area contributed by atoms with E-state index >= 15 is 0 Å². The zero-order chi connectivity index (χ0) is 16.9. The van der Waals surface area contributed by atoms with E-state index in [9.17, 15) is 4.79 Å². The van der Waals surface area contributed by atoms with E-state index in [1.54, 1.807) is 0 Å². The molecule has 7 heteroatoms. The molecule has 2 amide bonds. The number of carbonyl (C=O) groups is 1. The molecule has 3 heterocycles. The lowest BCUT2D eigenvalue weighted by molar-refractivity contribution is 0.0190. The van der Waals surface area contributed by atoms with Gasteiger partial charge < -0.3 is 24.8 Å². The number of amides is 2. The monoisotopic (exact) mass is 333 g/mol. The van der Waals surface area contributed by atoms with Crippen molar-refractivity contribution in [1.29, 1.82) is 0 Å². The largest absolute Gasteiger partial charge is 0.377 e. The van der Waals surface area contributed by atoms with Gasteiger partial charge in [-0.25, -0.2) is 9.78 Å². The van der Waals surface area contributed by atoms with Gasteiger partial charge in [-0.15, -0.1) is 0 Å². The predicted molar refractivity (Wildman–Crippen MR) is 93.2 cm³/mol. The minimum absolute atomic E-state index is 0.0243. The van der Waals surface area contributed by atoms with E-state index in [1.165, 1.54) is 0 Å². The first-order chi connectivity index (χ1) is 11.6. The van der Waals surface area contributed by atoms with Gasteiger partial charge in [-0.05, 0) is 31.7 Å². The summed E-state index contributed by atoms with van der Waals surface area (Å²) >= 11 is 0. The smallest absolute Gasteiger partial charge is 0.318 e. The van der Waals surface area contributed by atoms with E-state index in [1.807, 2.05) is 24.1 Å². The van der Waals surface area contributed by atoms with Crippen molar-refractivity contribution in [2.24, 2.45) is 0 Å². The summed E-state index contributed by atoms with van der Waals surface area (Å²) in [6.07, 6.45) is 1.83. The minimum atomic E-state index is -0.0243. The molecule has 0 radical (unpaired) electrons. The van der Waals surface area contributed by atoms with Crippen molar-refractivity contribution < 1.29 is 9.53 Å². The van der Waals surface area contributed by atoms with Crippen molar-refractivity contribution in [1.82, 2.24) is 20.1 Å². The topological polar surface area (TPSA) is 60.9 Å². The SMILES string of the molecule is C[C@@H]1COCCN1C(=O)NCc1ccnc(N2CCN(C)CC2)c1. The highest BCUT2D eigenvalue weighted by Crippen LogP contribution is 2.15. The van der Waals surface area contributed by atoms with Crippen molar-refractivity contribution in [2.45, 2.75) is 19.5 Å². The second kappa shape index (κ2) is 7.81. The fourth-order valence-electron chi connectivity index (χ4n) is 3.09. The molecule has 0 unspecified atom stereocenters. The third-order valence-electron chi connectivity index (χ3n) is 4.71. The summed E-state index contributed by atoms with van der Waals surface area (Å²) in [5.41, 5.74) is 1.08. The van der Waals surface area contributed by atoms with Gasteiger partial charge in [-0.3, -0.25) is 0 Å². The van der Waals surface area contributed by atoms with Gasteiger partial charge >= 0.3 is 6.03 Å². The Balaban J connectivity index is 1.55. The summed E-state index contributed by atoms with van der Waals surface area (Å²) in [6, 6.07) is 4.14. The normalized spacial score (nSPS) is 22.5. The number of morpholine rings is 1. The number of piperazine rings is 1. The average Bonchev–Trinajstić information content (AvgIpc) is 2.61. The van der Waals surface area contributed by atoms with Crippen molar-refractivity contribution in [2.75, 3.05) is 57.9 Å². The lowest BCUT2D eigenvalue weighted by atomic mass is 10.2. The Kier molecular flexibility index (Phi) is 5.52. The number of ether oxygens (including phenoxy) is 1. The third kappa shape index (κ3) is 4.15. The van der Waals surface area contributed by atoms with Crippen LogP contribution in [0.3, 0.4) is 0 Å². The molecule has 1 atom stereocenters. The molecule has 2 aliphatic heterocycles. The Hall–Kier alpha value is -1.86. The van der Waals surface area contributed by atoms with Crippen LogP contribution in [-0.4, -0.2) is 79.8 Å². The molecule has 3 rings (SSSR count). The predicted octanol–water partition coefficient (Wildman–Crippen LogP) is 0.764. The minimum Gasteiger partial charge on any atom is -0.377 e. The Bertz CT molecular complexity index is 560. The number of hydrogen-bond acceptors (Lipinski definition) is 5. The molecule has 1 aromatic heterocycles. The lowest BCUT2D eigenvalue weighted by Crippen LogP contribution is -2.51. The van der Waals surface area contributed by atoms with Crippen LogP contribution in [0, 0.1) is 0 Å².